The quantitative estimate of drug-likeness (QED) is 0.707. The average Bonchev–Trinajstić information content (AvgIpc) is 2.16. The first-order valence-corrected chi connectivity index (χ1v) is 6.15. The second kappa shape index (κ2) is 6.11. The van der Waals surface area contributed by atoms with E-state index in [0.29, 0.717) is 0 Å². The number of hydrogen-bond acceptors (Lipinski definition) is 2. The van der Waals surface area contributed by atoms with Crippen LogP contribution in [0.25, 0.3) is 0 Å². The zero-order chi connectivity index (χ0) is 11.3. The Morgan fingerprint density at radius 1 is 1.47 bits per heavy atom. The summed E-state index contributed by atoms with van der Waals surface area (Å²) in [6, 6.07) is 0.225. The summed E-state index contributed by atoms with van der Waals surface area (Å²) in [4.78, 5) is 11.8. The summed E-state index contributed by atoms with van der Waals surface area (Å²) in [5.74, 6) is 0.352. The van der Waals surface area contributed by atoms with Crippen molar-refractivity contribution in [1.29, 1.82) is 0 Å². The summed E-state index contributed by atoms with van der Waals surface area (Å²) in [6.07, 6.45) is 5.46. The second-order valence-corrected chi connectivity index (χ2v) is 4.58. The molecule has 88 valence electrons. The van der Waals surface area contributed by atoms with Gasteiger partial charge in [0.1, 0.15) is 0 Å². The summed E-state index contributed by atoms with van der Waals surface area (Å²) >= 11 is 0. The molecule has 1 fully saturated rings. The lowest BCUT2D eigenvalue weighted by molar-refractivity contribution is -0.127. The molecule has 1 unspecified atom stereocenters. The normalized spacial score (nSPS) is 26.9. The van der Waals surface area contributed by atoms with Gasteiger partial charge >= 0.3 is 0 Å². The van der Waals surface area contributed by atoms with E-state index in [4.69, 9.17) is 5.11 Å². The van der Waals surface area contributed by atoms with Gasteiger partial charge in [-0.15, -0.1) is 0 Å². The van der Waals surface area contributed by atoms with Crippen LogP contribution in [0.5, 0.6) is 0 Å². The first-order valence-electron chi connectivity index (χ1n) is 6.15. The average molecular weight is 213 g/mol. The maximum absolute atomic E-state index is 11.8. The third-order valence-electron chi connectivity index (χ3n) is 3.23. The molecule has 0 aromatic rings. The molecule has 0 aliphatic heterocycles. The number of nitrogens with one attached hydrogen (secondary N) is 1. The molecule has 0 aromatic heterocycles. The van der Waals surface area contributed by atoms with Crippen LogP contribution in [0.4, 0.5) is 0 Å². The van der Waals surface area contributed by atoms with Crippen LogP contribution in [0.3, 0.4) is 0 Å². The highest BCUT2D eigenvalue weighted by Gasteiger charge is 2.29. The zero-order valence-electron chi connectivity index (χ0n) is 9.83. The van der Waals surface area contributed by atoms with Gasteiger partial charge in [-0.05, 0) is 25.7 Å². The van der Waals surface area contributed by atoms with Gasteiger partial charge in [0.25, 0.3) is 0 Å². The Morgan fingerprint density at radius 3 is 2.60 bits per heavy atom. The predicted octanol–water partition coefficient (Wildman–Crippen LogP) is 1.84. The molecular weight excluding hydrogens is 190 g/mol. The maximum atomic E-state index is 11.8. The van der Waals surface area contributed by atoms with Gasteiger partial charge in [-0.2, -0.15) is 0 Å². The maximum Gasteiger partial charge on any atom is 0.223 e. The number of unbranched alkanes of at least 4 members (excludes halogenated alkanes) is 1. The first-order chi connectivity index (χ1) is 7.17. The number of hydrogen-bond donors (Lipinski definition) is 2. The van der Waals surface area contributed by atoms with Gasteiger partial charge in [-0.1, -0.05) is 26.7 Å². The molecule has 0 radical (unpaired) electrons. The van der Waals surface area contributed by atoms with Gasteiger partial charge < -0.3 is 10.4 Å². The number of carbonyl (C=O) groups is 1. The van der Waals surface area contributed by atoms with Gasteiger partial charge in [0.05, 0.1) is 6.10 Å². The zero-order valence-corrected chi connectivity index (χ0v) is 9.83. The van der Waals surface area contributed by atoms with Crippen LogP contribution < -0.4 is 5.32 Å². The standard InChI is InChI=1S/C12H23NO2/c1-3-5-6-9(4-2)12(15)13-10-7-11(14)8-10/h9-11,14H,3-8H2,1-2H3,(H,13,15). The lowest BCUT2D eigenvalue weighted by Crippen LogP contribution is -2.48. The summed E-state index contributed by atoms with van der Waals surface area (Å²) < 4.78 is 0. The lowest BCUT2D eigenvalue weighted by atomic mass is 9.88. The smallest absolute Gasteiger partial charge is 0.223 e. The van der Waals surface area contributed by atoms with Crippen LogP contribution >= 0.6 is 0 Å². The van der Waals surface area contributed by atoms with Crippen molar-refractivity contribution < 1.29 is 9.90 Å². The monoisotopic (exact) mass is 213 g/mol. The molecule has 0 aromatic carbocycles. The fourth-order valence-corrected chi connectivity index (χ4v) is 2.00. The SMILES string of the molecule is CCCCC(CC)C(=O)NC1CC(O)C1. The summed E-state index contributed by atoms with van der Waals surface area (Å²) in [7, 11) is 0. The van der Waals surface area contributed by atoms with Crippen molar-refractivity contribution in [1.82, 2.24) is 5.32 Å². The molecule has 0 spiro atoms. The van der Waals surface area contributed by atoms with Gasteiger partial charge in [0.15, 0.2) is 0 Å². The Hall–Kier alpha value is -0.570. The minimum atomic E-state index is -0.189. The number of amides is 1. The fourth-order valence-electron chi connectivity index (χ4n) is 2.00. The van der Waals surface area contributed by atoms with Crippen LogP contribution in [0, 0.1) is 5.92 Å². The molecule has 3 nitrogen and oxygen atoms in total. The van der Waals surface area contributed by atoms with Crippen LogP contribution in [-0.4, -0.2) is 23.2 Å². The van der Waals surface area contributed by atoms with Crippen molar-refractivity contribution in [2.75, 3.05) is 0 Å². The largest absolute Gasteiger partial charge is 0.393 e. The number of rotatable bonds is 6. The molecule has 1 atom stereocenters. The van der Waals surface area contributed by atoms with Crippen molar-refractivity contribution in [3.63, 3.8) is 0 Å². The molecule has 1 saturated carbocycles. The topological polar surface area (TPSA) is 49.3 Å². The minimum absolute atomic E-state index is 0.169. The number of aliphatic hydroxyl groups is 1. The third-order valence-corrected chi connectivity index (χ3v) is 3.23. The lowest BCUT2D eigenvalue weighted by Gasteiger charge is -2.33. The molecular formula is C12H23NO2. The van der Waals surface area contributed by atoms with Gasteiger partial charge in [-0.25, -0.2) is 0 Å². The molecule has 0 heterocycles. The van der Waals surface area contributed by atoms with Gasteiger partial charge in [-0.3, -0.25) is 4.79 Å². The minimum Gasteiger partial charge on any atom is -0.393 e. The molecule has 1 aliphatic rings. The van der Waals surface area contributed by atoms with E-state index >= 15 is 0 Å². The van der Waals surface area contributed by atoms with Crippen molar-refractivity contribution in [2.45, 2.75) is 64.5 Å². The van der Waals surface area contributed by atoms with E-state index in [1.807, 2.05) is 0 Å². The predicted molar refractivity (Wildman–Crippen MR) is 60.5 cm³/mol. The van der Waals surface area contributed by atoms with Gasteiger partial charge in [0.2, 0.25) is 5.91 Å². The summed E-state index contributed by atoms with van der Waals surface area (Å²) in [5.41, 5.74) is 0. The van der Waals surface area contributed by atoms with Crippen LogP contribution in [0.2, 0.25) is 0 Å². The molecule has 1 aliphatic carbocycles. The van der Waals surface area contributed by atoms with Gasteiger partial charge in [0, 0.05) is 12.0 Å². The molecule has 15 heavy (non-hydrogen) atoms. The Labute approximate surface area is 92.3 Å². The molecule has 0 saturated heterocycles. The Bertz CT molecular complexity index is 200. The number of aliphatic hydroxyl groups excluding tert-OH is 1. The molecule has 1 rings (SSSR count). The van der Waals surface area contributed by atoms with E-state index in [0.717, 1.165) is 38.5 Å². The first kappa shape index (κ1) is 12.5. The summed E-state index contributed by atoms with van der Waals surface area (Å²) in [5, 5.41) is 12.1. The van der Waals surface area contributed by atoms with Crippen molar-refractivity contribution in [2.24, 2.45) is 5.92 Å². The highest BCUT2D eigenvalue weighted by Crippen LogP contribution is 2.21. The highest BCUT2D eigenvalue weighted by atomic mass is 16.3. The van der Waals surface area contributed by atoms with Crippen molar-refractivity contribution in [3.8, 4) is 0 Å². The third kappa shape index (κ3) is 3.82. The molecule has 1 amide bonds. The summed E-state index contributed by atoms with van der Waals surface area (Å²) in [6.45, 7) is 4.21. The second-order valence-electron chi connectivity index (χ2n) is 4.58. The Kier molecular flexibility index (Phi) is 5.09. The van der Waals surface area contributed by atoms with E-state index in [9.17, 15) is 4.79 Å². The van der Waals surface area contributed by atoms with Crippen molar-refractivity contribution in [3.05, 3.63) is 0 Å². The van der Waals surface area contributed by atoms with Crippen molar-refractivity contribution >= 4 is 5.91 Å². The molecule has 0 bridgehead atoms. The van der Waals surface area contributed by atoms with E-state index in [-0.39, 0.29) is 24.0 Å². The fraction of sp³-hybridized carbons (Fsp3) is 0.917. The van der Waals surface area contributed by atoms with Crippen LogP contribution in [0.1, 0.15) is 52.4 Å². The Balaban J connectivity index is 2.23. The van der Waals surface area contributed by atoms with E-state index in [1.165, 1.54) is 0 Å². The molecule has 3 heteroatoms. The van der Waals surface area contributed by atoms with Crippen LogP contribution in [-0.2, 0) is 4.79 Å². The van der Waals surface area contributed by atoms with E-state index in [2.05, 4.69) is 19.2 Å². The highest BCUT2D eigenvalue weighted by molar-refractivity contribution is 5.79. The number of carbonyl (C=O) groups excluding carboxylic acids is 1. The van der Waals surface area contributed by atoms with E-state index < -0.39 is 0 Å². The molecule has 2 N–H and O–H groups in total. The van der Waals surface area contributed by atoms with E-state index in [1.54, 1.807) is 0 Å². The Morgan fingerprint density at radius 2 is 2.13 bits per heavy atom. The van der Waals surface area contributed by atoms with Crippen LogP contribution in [0.15, 0.2) is 0 Å².